The Morgan fingerprint density at radius 2 is 2.28 bits per heavy atom. The first-order valence-electron chi connectivity index (χ1n) is 6.14. The average molecular weight is 245 g/mol. The summed E-state index contributed by atoms with van der Waals surface area (Å²) >= 11 is 0. The highest BCUT2D eigenvalue weighted by Crippen LogP contribution is 2.31. The van der Waals surface area contributed by atoms with Gasteiger partial charge in [0.2, 0.25) is 0 Å². The van der Waals surface area contributed by atoms with Crippen molar-refractivity contribution >= 4 is 16.7 Å². The molecule has 0 fully saturated rings. The molecular weight excluding hydrogens is 230 g/mol. The van der Waals surface area contributed by atoms with Crippen molar-refractivity contribution in [3.05, 3.63) is 39.9 Å². The van der Waals surface area contributed by atoms with E-state index < -0.39 is 5.76 Å². The summed E-state index contributed by atoms with van der Waals surface area (Å²) in [6, 6.07) is 3.84. The molecule has 18 heavy (non-hydrogen) atoms. The molecule has 0 spiro atoms. The van der Waals surface area contributed by atoms with E-state index in [1.807, 2.05) is 19.1 Å². The van der Waals surface area contributed by atoms with Gasteiger partial charge in [-0.25, -0.2) is 4.79 Å². The summed E-state index contributed by atoms with van der Waals surface area (Å²) in [4.78, 5) is 13.8. The first-order valence-corrected chi connectivity index (χ1v) is 6.14. The highest BCUT2D eigenvalue weighted by molar-refractivity contribution is 5.81. The molecule has 0 saturated heterocycles. The van der Waals surface area contributed by atoms with Crippen molar-refractivity contribution in [1.82, 2.24) is 4.98 Å². The summed E-state index contributed by atoms with van der Waals surface area (Å²) in [7, 11) is 0. The van der Waals surface area contributed by atoms with Crippen LogP contribution >= 0.6 is 0 Å². The van der Waals surface area contributed by atoms with Crippen LogP contribution in [-0.2, 0) is 0 Å². The molecule has 1 aliphatic carbocycles. The van der Waals surface area contributed by atoms with E-state index in [2.05, 4.69) is 11.1 Å². The second-order valence-corrected chi connectivity index (χ2v) is 4.84. The highest BCUT2D eigenvalue weighted by Gasteiger charge is 2.15. The first kappa shape index (κ1) is 11.3. The quantitative estimate of drug-likeness (QED) is 0.810. The lowest BCUT2D eigenvalue weighted by molar-refractivity contribution is 0.166. The van der Waals surface area contributed by atoms with Gasteiger partial charge in [0.1, 0.15) is 0 Å². The molecule has 0 bridgehead atoms. The molecular formula is C14H15NO3. The number of nitrogens with one attached hydrogen (secondary N) is 1. The molecule has 0 aliphatic heterocycles. The van der Waals surface area contributed by atoms with Crippen molar-refractivity contribution in [2.24, 2.45) is 0 Å². The smallest absolute Gasteiger partial charge is 0.408 e. The number of aliphatic hydroxyl groups is 1. The van der Waals surface area contributed by atoms with Gasteiger partial charge < -0.3 is 9.52 Å². The number of benzene rings is 1. The zero-order chi connectivity index (χ0) is 12.7. The standard InChI is InChI=1S/C14H15NO3/c1-8-6-12-13(18-14(17)15-12)7-11(8)9-2-4-10(16)5-3-9/h2,6-7,10,16H,3-5H2,1H3,(H,15,17). The summed E-state index contributed by atoms with van der Waals surface area (Å²) in [5, 5.41) is 9.51. The van der Waals surface area contributed by atoms with Gasteiger partial charge in [-0.05, 0) is 55.0 Å². The number of fused-ring (bicyclic) bond motifs is 1. The minimum Gasteiger partial charge on any atom is -0.408 e. The molecule has 1 unspecified atom stereocenters. The molecule has 1 aromatic carbocycles. The molecule has 1 heterocycles. The molecule has 2 aromatic rings. The van der Waals surface area contributed by atoms with E-state index >= 15 is 0 Å². The molecule has 1 aromatic heterocycles. The number of hydrogen-bond acceptors (Lipinski definition) is 3. The maximum atomic E-state index is 11.2. The molecule has 94 valence electrons. The Labute approximate surface area is 104 Å². The molecule has 3 rings (SSSR count). The molecule has 4 nitrogen and oxygen atoms in total. The summed E-state index contributed by atoms with van der Waals surface area (Å²) in [5.41, 5.74) is 4.77. The Morgan fingerprint density at radius 1 is 1.44 bits per heavy atom. The zero-order valence-corrected chi connectivity index (χ0v) is 10.2. The third kappa shape index (κ3) is 1.88. The fourth-order valence-electron chi connectivity index (χ4n) is 2.52. The van der Waals surface area contributed by atoms with Crippen molar-refractivity contribution in [3.8, 4) is 0 Å². The fraction of sp³-hybridized carbons (Fsp3) is 0.357. The van der Waals surface area contributed by atoms with E-state index in [1.54, 1.807) is 0 Å². The number of hydrogen-bond donors (Lipinski definition) is 2. The molecule has 4 heteroatoms. The predicted octanol–water partition coefficient (Wildman–Crippen LogP) is 2.36. The monoisotopic (exact) mass is 245 g/mol. The van der Waals surface area contributed by atoms with Crippen LogP contribution in [0.2, 0.25) is 0 Å². The molecule has 0 saturated carbocycles. The van der Waals surface area contributed by atoms with Crippen molar-refractivity contribution < 1.29 is 9.52 Å². The number of aliphatic hydroxyl groups excluding tert-OH is 1. The van der Waals surface area contributed by atoms with Crippen LogP contribution in [0, 0.1) is 6.92 Å². The third-order valence-electron chi connectivity index (χ3n) is 3.50. The number of aromatic nitrogens is 1. The maximum absolute atomic E-state index is 11.2. The van der Waals surface area contributed by atoms with Crippen LogP contribution in [-0.4, -0.2) is 16.2 Å². The summed E-state index contributed by atoms with van der Waals surface area (Å²) < 4.78 is 5.09. The van der Waals surface area contributed by atoms with Crippen molar-refractivity contribution in [1.29, 1.82) is 0 Å². The lowest BCUT2D eigenvalue weighted by Gasteiger charge is -2.18. The normalized spacial score (nSPS) is 20.1. The molecule has 2 N–H and O–H groups in total. The van der Waals surface area contributed by atoms with Gasteiger partial charge in [0, 0.05) is 0 Å². The van der Waals surface area contributed by atoms with Crippen LogP contribution in [0.25, 0.3) is 16.7 Å². The Balaban J connectivity index is 2.11. The van der Waals surface area contributed by atoms with Crippen LogP contribution in [0.1, 0.15) is 30.4 Å². The van der Waals surface area contributed by atoms with Crippen molar-refractivity contribution in [2.45, 2.75) is 32.3 Å². The van der Waals surface area contributed by atoms with Crippen LogP contribution in [0.5, 0.6) is 0 Å². The minimum absolute atomic E-state index is 0.219. The van der Waals surface area contributed by atoms with Gasteiger partial charge in [-0.15, -0.1) is 0 Å². The third-order valence-corrected chi connectivity index (χ3v) is 3.50. The predicted molar refractivity (Wildman–Crippen MR) is 69.4 cm³/mol. The second-order valence-electron chi connectivity index (χ2n) is 4.84. The summed E-state index contributed by atoms with van der Waals surface area (Å²) in [6.07, 6.45) is 4.21. The SMILES string of the molecule is Cc1cc2[nH]c(=O)oc2cc1C1=CCC(O)CC1. The van der Waals surface area contributed by atoms with Crippen molar-refractivity contribution in [2.75, 3.05) is 0 Å². The Hall–Kier alpha value is -1.81. The highest BCUT2D eigenvalue weighted by atomic mass is 16.4. The maximum Gasteiger partial charge on any atom is 0.417 e. The molecule has 0 radical (unpaired) electrons. The second kappa shape index (κ2) is 4.14. The molecule has 1 atom stereocenters. The summed E-state index contributed by atoms with van der Waals surface area (Å²) in [5.74, 6) is -0.422. The topological polar surface area (TPSA) is 66.2 Å². The van der Waals surface area contributed by atoms with Gasteiger partial charge in [0.15, 0.2) is 5.58 Å². The van der Waals surface area contributed by atoms with Gasteiger partial charge in [-0.2, -0.15) is 0 Å². The van der Waals surface area contributed by atoms with Crippen molar-refractivity contribution in [3.63, 3.8) is 0 Å². The average Bonchev–Trinajstić information content (AvgIpc) is 2.68. The summed E-state index contributed by atoms with van der Waals surface area (Å²) in [6.45, 7) is 2.02. The first-order chi connectivity index (χ1) is 8.63. The number of aryl methyl sites for hydroxylation is 1. The van der Waals surface area contributed by atoms with E-state index in [4.69, 9.17) is 4.42 Å². The molecule has 1 aliphatic rings. The molecule has 0 amide bonds. The van der Waals surface area contributed by atoms with Crippen LogP contribution in [0.3, 0.4) is 0 Å². The van der Waals surface area contributed by atoms with Gasteiger partial charge in [-0.1, -0.05) is 6.08 Å². The van der Waals surface area contributed by atoms with Crippen LogP contribution in [0.15, 0.2) is 27.4 Å². The lowest BCUT2D eigenvalue weighted by atomic mass is 9.90. The number of aromatic amines is 1. The van der Waals surface area contributed by atoms with E-state index in [0.717, 1.165) is 29.5 Å². The van der Waals surface area contributed by atoms with Gasteiger partial charge in [0.25, 0.3) is 0 Å². The van der Waals surface area contributed by atoms with Gasteiger partial charge >= 0.3 is 5.76 Å². The number of rotatable bonds is 1. The van der Waals surface area contributed by atoms with E-state index in [-0.39, 0.29) is 6.10 Å². The fourth-order valence-corrected chi connectivity index (χ4v) is 2.52. The Morgan fingerprint density at radius 3 is 3.00 bits per heavy atom. The van der Waals surface area contributed by atoms with Gasteiger partial charge in [0.05, 0.1) is 11.6 Å². The number of H-pyrrole nitrogens is 1. The Bertz CT molecular complexity index is 678. The Kier molecular flexibility index (Phi) is 2.59. The van der Waals surface area contributed by atoms with Crippen LogP contribution in [0.4, 0.5) is 0 Å². The minimum atomic E-state index is -0.422. The van der Waals surface area contributed by atoms with Crippen LogP contribution < -0.4 is 5.76 Å². The van der Waals surface area contributed by atoms with Gasteiger partial charge in [-0.3, -0.25) is 4.98 Å². The van der Waals surface area contributed by atoms with E-state index in [0.29, 0.717) is 12.0 Å². The number of oxazole rings is 1. The zero-order valence-electron chi connectivity index (χ0n) is 10.2. The largest absolute Gasteiger partial charge is 0.417 e. The van der Waals surface area contributed by atoms with E-state index in [1.165, 1.54) is 5.57 Å². The van der Waals surface area contributed by atoms with E-state index in [9.17, 15) is 9.90 Å². The lowest BCUT2D eigenvalue weighted by Crippen LogP contribution is -2.10. The number of allylic oxidation sites excluding steroid dienone is 1.